The molecule has 1 aliphatic rings. The minimum Gasteiger partial charge on any atom is -0.467 e. The van der Waals surface area contributed by atoms with E-state index in [1.54, 1.807) is 12.1 Å². The molecule has 0 aliphatic carbocycles. The van der Waals surface area contributed by atoms with Crippen LogP contribution in [-0.4, -0.2) is 66.7 Å². The maximum absolute atomic E-state index is 16.1. The number of hydrogen-bond donors (Lipinski definition) is 0. The molecule has 0 amide bonds. The zero-order valence-electron chi connectivity index (χ0n) is 32.3. The van der Waals surface area contributed by atoms with E-state index in [4.69, 9.17) is 9.72 Å². The summed E-state index contributed by atoms with van der Waals surface area (Å²) in [6.07, 6.45) is 3.51. The van der Waals surface area contributed by atoms with Crippen molar-refractivity contribution in [1.29, 1.82) is 5.26 Å². The molecule has 1 fully saturated rings. The van der Waals surface area contributed by atoms with Gasteiger partial charge in [-0.15, -0.1) is 11.3 Å². The molecule has 1 saturated heterocycles. The monoisotopic (exact) mass is 737 g/mol. The Hall–Kier alpha value is -4.01. The first-order valence-corrected chi connectivity index (χ1v) is 18.8. The quantitative estimate of drug-likeness (QED) is 0.142. The van der Waals surface area contributed by atoms with E-state index >= 15 is 4.39 Å². The van der Waals surface area contributed by atoms with Crippen LogP contribution in [0.1, 0.15) is 91.0 Å². The molecule has 0 spiro atoms. The third-order valence-electron chi connectivity index (χ3n) is 9.11. The van der Waals surface area contributed by atoms with Crippen LogP contribution in [0.25, 0.3) is 32.1 Å². The van der Waals surface area contributed by atoms with E-state index in [2.05, 4.69) is 57.2 Å². The first-order valence-electron chi connectivity index (χ1n) is 18.0. The number of carbonyl (C=O) groups excluding carboxylic acids is 1. The van der Waals surface area contributed by atoms with E-state index < -0.39 is 17.8 Å². The standard InChI is InChI=1S/C32H38F2N4OS.C5H10FN.C4H6O/c1-9-38(27(18(4)5)13-10-17(2)3)31-22-14-25(34)21(15-26(22)36-32(37-31)39-8)20-11-12-24(33)30-28(20)23(16-35)29(40-30)19(6)7;1-7-3-2-5(6)4-7;1-3-4(2)5/h11-12,14-15,17-19,27H,9-10,13H2,1-8H3;5H,2-4H2,1H3;3H,1H2,2H3. The van der Waals surface area contributed by atoms with Gasteiger partial charge in [-0.05, 0) is 87.7 Å². The predicted octanol–water partition coefficient (Wildman–Crippen LogP) is 10.5. The summed E-state index contributed by atoms with van der Waals surface area (Å²) in [4.78, 5) is 24.0. The summed E-state index contributed by atoms with van der Waals surface area (Å²) in [5.74, 6) is 0.711. The second-order valence-corrected chi connectivity index (χ2v) is 15.4. The number of ether oxygens (including phenoxy) is 1. The van der Waals surface area contributed by atoms with E-state index in [9.17, 15) is 18.8 Å². The number of anilines is 1. The van der Waals surface area contributed by atoms with Gasteiger partial charge in [0.1, 0.15) is 29.7 Å². The molecule has 3 heterocycles. The van der Waals surface area contributed by atoms with Gasteiger partial charge in [0, 0.05) is 46.9 Å². The summed E-state index contributed by atoms with van der Waals surface area (Å²) in [6.45, 7) is 21.8. The maximum atomic E-state index is 16.1. The van der Waals surface area contributed by atoms with Crippen LogP contribution in [0.5, 0.6) is 6.01 Å². The Morgan fingerprint density at radius 2 is 1.81 bits per heavy atom. The summed E-state index contributed by atoms with van der Waals surface area (Å²) < 4.78 is 49.0. The molecule has 282 valence electrons. The molecule has 2 aromatic carbocycles. The molecule has 0 saturated carbocycles. The van der Waals surface area contributed by atoms with E-state index in [0.717, 1.165) is 30.7 Å². The molecule has 7 nitrogen and oxygen atoms in total. The van der Waals surface area contributed by atoms with Crippen LogP contribution in [0.2, 0.25) is 0 Å². The number of allylic oxidation sites excluding steroid dienone is 1. The Bertz CT molecular complexity index is 1880. The van der Waals surface area contributed by atoms with Crippen LogP contribution >= 0.6 is 11.3 Å². The number of carbonyl (C=O) groups is 1. The van der Waals surface area contributed by atoms with Crippen molar-refractivity contribution >= 4 is 43.9 Å². The minimum absolute atomic E-state index is 0.0185. The lowest BCUT2D eigenvalue weighted by Gasteiger charge is -2.36. The first kappa shape index (κ1) is 42.4. The van der Waals surface area contributed by atoms with Crippen molar-refractivity contribution in [2.24, 2.45) is 11.8 Å². The summed E-state index contributed by atoms with van der Waals surface area (Å²) in [5, 5.41) is 11.1. The molecule has 52 heavy (non-hydrogen) atoms. The highest BCUT2D eigenvalue weighted by atomic mass is 32.1. The average molecular weight is 738 g/mol. The SMILES string of the molecule is C=CC(C)=O.CCN(c1nc(OC)nc2cc(-c3ccc(F)c4sc(C(C)C)c(C#N)c34)c(F)cc12)C(CCC(C)C)C(C)C.CN1CCC(F)C1. The van der Waals surface area contributed by atoms with E-state index in [-0.39, 0.29) is 29.3 Å². The van der Waals surface area contributed by atoms with Gasteiger partial charge in [-0.1, -0.05) is 54.2 Å². The molecule has 0 N–H and O–H groups in total. The molecule has 0 radical (unpaired) electrons. The van der Waals surface area contributed by atoms with Crippen LogP contribution in [0.3, 0.4) is 0 Å². The highest BCUT2D eigenvalue weighted by molar-refractivity contribution is 7.19. The lowest BCUT2D eigenvalue weighted by Crippen LogP contribution is -2.40. The van der Waals surface area contributed by atoms with Crippen molar-refractivity contribution in [3.05, 3.63) is 59.0 Å². The average Bonchev–Trinajstić information content (AvgIpc) is 3.69. The van der Waals surface area contributed by atoms with Gasteiger partial charge >= 0.3 is 6.01 Å². The third kappa shape index (κ3) is 10.3. The number of benzene rings is 2. The summed E-state index contributed by atoms with van der Waals surface area (Å²) >= 11 is 1.26. The maximum Gasteiger partial charge on any atom is 0.318 e. The minimum atomic E-state index is -0.551. The highest BCUT2D eigenvalue weighted by Crippen LogP contribution is 2.44. The van der Waals surface area contributed by atoms with Crippen molar-refractivity contribution in [3.8, 4) is 23.2 Å². The van der Waals surface area contributed by atoms with E-state index in [1.165, 1.54) is 43.6 Å². The molecule has 5 rings (SSSR count). The number of thiophene rings is 1. The van der Waals surface area contributed by atoms with Crippen LogP contribution < -0.4 is 9.64 Å². The molecular formula is C41H54F3N5O2S. The van der Waals surface area contributed by atoms with Gasteiger partial charge in [0.15, 0.2) is 5.78 Å². The molecular weight excluding hydrogens is 684 g/mol. The Balaban J connectivity index is 0.000000516. The molecule has 2 aromatic heterocycles. The Morgan fingerprint density at radius 1 is 1.13 bits per heavy atom. The number of nitrogens with zero attached hydrogens (tertiary/aromatic N) is 5. The van der Waals surface area contributed by atoms with Gasteiger partial charge in [-0.3, -0.25) is 4.79 Å². The number of nitriles is 1. The highest BCUT2D eigenvalue weighted by Gasteiger charge is 2.27. The van der Waals surface area contributed by atoms with Crippen molar-refractivity contribution in [3.63, 3.8) is 0 Å². The Labute approximate surface area is 311 Å². The van der Waals surface area contributed by atoms with Gasteiger partial charge in [-0.25, -0.2) is 13.2 Å². The molecule has 2 atom stereocenters. The van der Waals surface area contributed by atoms with Crippen LogP contribution in [0.15, 0.2) is 36.9 Å². The van der Waals surface area contributed by atoms with Gasteiger partial charge in [0.25, 0.3) is 0 Å². The molecule has 2 unspecified atom stereocenters. The number of ketones is 1. The normalized spacial score (nSPS) is 14.9. The number of fused-ring (bicyclic) bond motifs is 2. The Morgan fingerprint density at radius 3 is 2.27 bits per heavy atom. The lowest BCUT2D eigenvalue weighted by molar-refractivity contribution is -0.112. The summed E-state index contributed by atoms with van der Waals surface area (Å²) in [5.41, 5.74) is 1.65. The number of methoxy groups -OCH3 is 1. The van der Waals surface area contributed by atoms with E-state index in [1.807, 2.05) is 25.8 Å². The van der Waals surface area contributed by atoms with Crippen LogP contribution in [0.4, 0.5) is 19.0 Å². The van der Waals surface area contributed by atoms with Gasteiger partial charge in [-0.2, -0.15) is 15.2 Å². The molecule has 0 bridgehead atoms. The van der Waals surface area contributed by atoms with Crippen molar-refractivity contribution in [2.75, 3.05) is 38.7 Å². The largest absolute Gasteiger partial charge is 0.467 e. The first-order chi connectivity index (χ1) is 24.6. The summed E-state index contributed by atoms with van der Waals surface area (Å²) in [7, 11) is 3.46. The lowest BCUT2D eigenvalue weighted by atomic mass is 9.93. The van der Waals surface area contributed by atoms with E-state index in [0.29, 0.717) is 62.9 Å². The predicted molar refractivity (Wildman–Crippen MR) is 209 cm³/mol. The van der Waals surface area contributed by atoms with Gasteiger partial charge in [0.2, 0.25) is 0 Å². The fraction of sp³-hybridized carbons (Fsp3) is 0.512. The number of alkyl halides is 1. The number of aromatic nitrogens is 2. The van der Waals surface area contributed by atoms with Crippen LogP contribution in [-0.2, 0) is 4.79 Å². The van der Waals surface area contributed by atoms with Crippen molar-refractivity contribution in [1.82, 2.24) is 14.9 Å². The number of likely N-dealkylation sites (tertiary alicyclic amines) is 1. The van der Waals surface area contributed by atoms with Gasteiger partial charge in [0.05, 0.1) is 22.9 Å². The number of rotatable bonds is 11. The fourth-order valence-corrected chi connectivity index (χ4v) is 7.52. The van der Waals surface area contributed by atoms with Crippen molar-refractivity contribution in [2.45, 2.75) is 92.8 Å². The van der Waals surface area contributed by atoms with Gasteiger partial charge < -0.3 is 14.5 Å². The second kappa shape index (κ2) is 19.2. The zero-order valence-corrected chi connectivity index (χ0v) is 33.1. The number of halogens is 3. The molecule has 1 aliphatic heterocycles. The smallest absolute Gasteiger partial charge is 0.318 e. The van der Waals surface area contributed by atoms with Crippen LogP contribution in [0, 0.1) is 34.8 Å². The van der Waals surface area contributed by atoms with Crippen molar-refractivity contribution < 1.29 is 22.7 Å². The number of hydrogen-bond acceptors (Lipinski definition) is 8. The fourth-order valence-electron chi connectivity index (χ4n) is 6.34. The Kier molecular flexibility index (Phi) is 15.6. The molecule has 11 heteroatoms. The topological polar surface area (TPSA) is 82.4 Å². The third-order valence-corrected chi connectivity index (χ3v) is 10.6. The second-order valence-electron chi connectivity index (χ2n) is 14.3. The summed E-state index contributed by atoms with van der Waals surface area (Å²) in [6, 6.07) is 8.70. The zero-order chi connectivity index (χ0) is 38.9. The molecule has 4 aromatic rings.